The molecule has 1 aromatic carbocycles. The van der Waals surface area contributed by atoms with Gasteiger partial charge in [0, 0.05) is 6.07 Å². The van der Waals surface area contributed by atoms with Crippen LogP contribution in [-0.4, -0.2) is 14.8 Å². The Morgan fingerprint density at radius 1 is 1.33 bits per heavy atom. The molecule has 15 heavy (non-hydrogen) atoms. The topological polar surface area (TPSA) is 33.6 Å². The minimum atomic E-state index is -0.536. The van der Waals surface area contributed by atoms with Crippen molar-refractivity contribution >= 4 is 12.2 Å². The molecule has 1 aromatic heterocycles. The molecule has 0 saturated carbocycles. The highest BCUT2D eigenvalue weighted by atomic mass is 32.1. The van der Waals surface area contributed by atoms with Gasteiger partial charge in [0.15, 0.2) is 4.77 Å². The lowest BCUT2D eigenvalue weighted by atomic mass is 10.2. The van der Waals surface area contributed by atoms with E-state index >= 15 is 0 Å². The fourth-order valence-electron chi connectivity index (χ4n) is 1.24. The van der Waals surface area contributed by atoms with E-state index < -0.39 is 11.6 Å². The van der Waals surface area contributed by atoms with Crippen LogP contribution in [0.5, 0.6) is 0 Å². The number of halogens is 2. The zero-order valence-electron chi connectivity index (χ0n) is 7.79. The number of rotatable bonds is 1. The number of benzene rings is 1. The smallest absolute Gasteiger partial charge is 0.199 e. The lowest BCUT2D eigenvalue weighted by Gasteiger charge is -2.05. The highest BCUT2D eigenvalue weighted by Crippen LogP contribution is 2.17. The maximum absolute atomic E-state index is 13.5. The average molecular weight is 227 g/mol. The van der Waals surface area contributed by atoms with Gasteiger partial charge in [-0.1, -0.05) is 0 Å². The molecule has 6 heteroatoms. The van der Waals surface area contributed by atoms with Crippen molar-refractivity contribution in [2.45, 2.75) is 6.92 Å². The van der Waals surface area contributed by atoms with Crippen LogP contribution in [0.2, 0.25) is 0 Å². The molecule has 0 unspecified atom stereocenters. The molecule has 0 atom stereocenters. The van der Waals surface area contributed by atoms with Crippen LogP contribution in [0.15, 0.2) is 18.5 Å². The van der Waals surface area contributed by atoms with Crippen molar-refractivity contribution < 1.29 is 8.78 Å². The van der Waals surface area contributed by atoms with Gasteiger partial charge in [-0.25, -0.2) is 8.78 Å². The van der Waals surface area contributed by atoms with Gasteiger partial charge in [0.2, 0.25) is 0 Å². The number of H-pyrrole nitrogens is 1. The van der Waals surface area contributed by atoms with E-state index in [1.165, 1.54) is 17.8 Å². The van der Waals surface area contributed by atoms with E-state index in [0.717, 1.165) is 12.1 Å². The van der Waals surface area contributed by atoms with Crippen LogP contribution in [0.3, 0.4) is 0 Å². The molecular weight excluding hydrogens is 220 g/mol. The first kappa shape index (κ1) is 9.97. The number of aromatic nitrogens is 3. The van der Waals surface area contributed by atoms with Crippen LogP contribution < -0.4 is 0 Å². The molecule has 0 aliphatic rings. The molecular formula is C9H7F2N3S. The monoisotopic (exact) mass is 227 g/mol. The van der Waals surface area contributed by atoms with Crippen LogP contribution in [-0.2, 0) is 0 Å². The molecule has 0 bridgehead atoms. The highest BCUT2D eigenvalue weighted by Gasteiger charge is 2.09. The predicted molar refractivity (Wildman–Crippen MR) is 53.4 cm³/mol. The lowest BCUT2D eigenvalue weighted by molar-refractivity contribution is 0.585. The van der Waals surface area contributed by atoms with E-state index in [1.807, 2.05) is 0 Å². The van der Waals surface area contributed by atoms with Gasteiger partial charge in [0.1, 0.15) is 18.0 Å². The van der Waals surface area contributed by atoms with Crippen molar-refractivity contribution in [2.75, 3.05) is 0 Å². The van der Waals surface area contributed by atoms with Crippen molar-refractivity contribution in [1.29, 1.82) is 0 Å². The van der Waals surface area contributed by atoms with Gasteiger partial charge in [0.25, 0.3) is 0 Å². The van der Waals surface area contributed by atoms with E-state index in [0.29, 0.717) is 0 Å². The first-order valence-electron chi connectivity index (χ1n) is 4.17. The Labute approximate surface area is 89.4 Å². The maximum Gasteiger partial charge on any atom is 0.199 e. The molecule has 1 heterocycles. The third-order valence-electron chi connectivity index (χ3n) is 2.04. The van der Waals surface area contributed by atoms with Crippen LogP contribution in [0.1, 0.15) is 5.56 Å². The first-order valence-corrected chi connectivity index (χ1v) is 4.58. The maximum atomic E-state index is 13.5. The molecule has 78 valence electrons. The largest absolute Gasteiger partial charge is 0.272 e. The summed E-state index contributed by atoms with van der Waals surface area (Å²) in [4.78, 5) is 0. The number of hydrogen-bond donors (Lipinski definition) is 1. The zero-order valence-corrected chi connectivity index (χ0v) is 8.61. The number of aryl methyl sites for hydroxylation is 1. The lowest BCUT2D eigenvalue weighted by Crippen LogP contribution is -1.99. The normalized spacial score (nSPS) is 10.6. The molecule has 0 radical (unpaired) electrons. The molecule has 0 fully saturated rings. The number of nitrogens with one attached hydrogen (secondary N) is 1. The summed E-state index contributed by atoms with van der Waals surface area (Å²) in [7, 11) is 0. The fraction of sp³-hybridized carbons (Fsp3) is 0.111. The van der Waals surface area contributed by atoms with Gasteiger partial charge in [-0.15, -0.1) is 0 Å². The molecule has 2 rings (SSSR count). The molecule has 0 amide bonds. The van der Waals surface area contributed by atoms with Crippen LogP contribution >= 0.6 is 12.2 Å². The fourth-order valence-corrected chi connectivity index (χ4v) is 1.44. The summed E-state index contributed by atoms with van der Waals surface area (Å²) >= 11 is 4.86. The van der Waals surface area contributed by atoms with Crippen LogP contribution in [0.4, 0.5) is 8.78 Å². The number of nitrogens with zero attached hydrogens (tertiary/aromatic N) is 2. The third kappa shape index (κ3) is 1.68. The van der Waals surface area contributed by atoms with Crippen molar-refractivity contribution in [2.24, 2.45) is 0 Å². The standard InChI is InChI=1S/C9H7F2N3S/c1-5-2-7(11)8(3-6(5)10)14-4-12-13-9(14)15/h2-4H,1H3,(H,13,15). The Balaban J connectivity index is 2.69. The van der Waals surface area contributed by atoms with E-state index in [-0.39, 0.29) is 16.0 Å². The van der Waals surface area contributed by atoms with E-state index in [2.05, 4.69) is 10.2 Å². The zero-order chi connectivity index (χ0) is 11.0. The SMILES string of the molecule is Cc1cc(F)c(-n2cn[nH]c2=S)cc1F. The molecule has 0 aliphatic carbocycles. The Kier molecular flexibility index (Phi) is 2.36. The summed E-state index contributed by atoms with van der Waals surface area (Å²) in [6.07, 6.45) is 1.30. The van der Waals surface area contributed by atoms with Crippen molar-refractivity contribution in [1.82, 2.24) is 14.8 Å². The Morgan fingerprint density at radius 3 is 2.67 bits per heavy atom. The molecule has 1 N–H and O–H groups in total. The Morgan fingerprint density at radius 2 is 2.07 bits per heavy atom. The summed E-state index contributed by atoms with van der Waals surface area (Å²) in [5.74, 6) is -1.01. The Hall–Kier alpha value is -1.56. The summed E-state index contributed by atoms with van der Waals surface area (Å²) in [6, 6.07) is 2.22. The highest BCUT2D eigenvalue weighted by molar-refractivity contribution is 7.71. The van der Waals surface area contributed by atoms with Crippen molar-refractivity contribution in [3.63, 3.8) is 0 Å². The average Bonchev–Trinajstić information content (AvgIpc) is 2.58. The second-order valence-corrected chi connectivity index (χ2v) is 3.47. The van der Waals surface area contributed by atoms with Gasteiger partial charge in [-0.05, 0) is 30.8 Å². The molecule has 0 aliphatic heterocycles. The minimum absolute atomic E-state index is 0.0526. The molecule has 3 nitrogen and oxygen atoms in total. The first-order chi connectivity index (χ1) is 7.09. The van der Waals surface area contributed by atoms with E-state index in [9.17, 15) is 8.78 Å². The number of aromatic amines is 1. The summed E-state index contributed by atoms with van der Waals surface area (Å²) in [6.45, 7) is 1.50. The van der Waals surface area contributed by atoms with Crippen LogP contribution in [0, 0.1) is 23.3 Å². The summed E-state index contributed by atoms with van der Waals surface area (Å²) in [5.41, 5.74) is 0.308. The van der Waals surface area contributed by atoms with E-state index in [1.54, 1.807) is 0 Å². The minimum Gasteiger partial charge on any atom is -0.272 e. The quantitative estimate of drug-likeness (QED) is 0.759. The van der Waals surface area contributed by atoms with Crippen LogP contribution in [0.25, 0.3) is 5.69 Å². The molecule has 0 spiro atoms. The summed E-state index contributed by atoms with van der Waals surface area (Å²) in [5, 5.41) is 6.10. The van der Waals surface area contributed by atoms with Gasteiger partial charge < -0.3 is 0 Å². The van der Waals surface area contributed by atoms with Gasteiger partial charge >= 0.3 is 0 Å². The molecule has 2 aromatic rings. The van der Waals surface area contributed by atoms with Gasteiger partial charge in [-0.2, -0.15) is 5.10 Å². The van der Waals surface area contributed by atoms with Gasteiger partial charge in [-0.3, -0.25) is 9.67 Å². The molecule has 0 saturated heterocycles. The third-order valence-corrected chi connectivity index (χ3v) is 2.33. The predicted octanol–water partition coefficient (Wildman–Crippen LogP) is 2.52. The summed E-state index contributed by atoms with van der Waals surface area (Å²) < 4.78 is 28.2. The van der Waals surface area contributed by atoms with E-state index in [4.69, 9.17) is 12.2 Å². The van der Waals surface area contributed by atoms with Gasteiger partial charge in [0.05, 0.1) is 5.69 Å². The van der Waals surface area contributed by atoms with Crippen molar-refractivity contribution in [3.8, 4) is 5.69 Å². The Bertz CT molecular complexity index is 559. The number of hydrogen-bond acceptors (Lipinski definition) is 2. The second-order valence-electron chi connectivity index (χ2n) is 3.08. The second kappa shape index (κ2) is 3.54. The van der Waals surface area contributed by atoms with Crippen molar-refractivity contribution in [3.05, 3.63) is 40.4 Å².